The number of aromatic amines is 1. The van der Waals surface area contributed by atoms with E-state index in [9.17, 15) is 18.0 Å². The molecule has 0 radical (unpaired) electrons. The van der Waals surface area contributed by atoms with Gasteiger partial charge >= 0.3 is 12.1 Å². The van der Waals surface area contributed by atoms with Gasteiger partial charge in [0.05, 0.1) is 16.6 Å². The number of H-pyrrole nitrogens is 1. The number of nitrogens with one attached hydrogen (secondary N) is 2. The molecule has 0 aliphatic rings. The average Bonchev–Trinajstić information content (AvgIpc) is 3.36. The number of carbonyl (C=O) groups excluding carboxylic acids is 1. The molecule has 0 spiro atoms. The predicted molar refractivity (Wildman–Crippen MR) is 118 cm³/mol. The third-order valence-electron chi connectivity index (χ3n) is 5.63. The lowest BCUT2D eigenvalue weighted by Crippen LogP contribution is -2.22. The van der Waals surface area contributed by atoms with Crippen LogP contribution in [0.4, 0.5) is 19.1 Å². The number of fused-ring (bicyclic) bond motifs is 2. The van der Waals surface area contributed by atoms with Crippen LogP contribution >= 0.6 is 0 Å². The maximum Gasteiger partial charge on any atom is 0.416 e. The Kier molecular flexibility index (Phi) is 4.70. The van der Waals surface area contributed by atoms with Gasteiger partial charge in [0.2, 0.25) is 11.6 Å². The van der Waals surface area contributed by atoms with Gasteiger partial charge in [-0.25, -0.2) is 9.97 Å². The highest BCUT2D eigenvalue weighted by Gasteiger charge is 2.30. The molecular formula is C24H19F3N5O+. The molecule has 0 fully saturated rings. The van der Waals surface area contributed by atoms with Gasteiger partial charge in [-0.05, 0) is 48.4 Å². The van der Waals surface area contributed by atoms with Crippen molar-refractivity contribution < 1.29 is 22.4 Å². The van der Waals surface area contributed by atoms with Crippen LogP contribution in [0.2, 0.25) is 0 Å². The summed E-state index contributed by atoms with van der Waals surface area (Å²) in [4.78, 5) is 20.4. The van der Waals surface area contributed by atoms with Gasteiger partial charge in [0.25, 0.3) is 5.65 Å². The molecule has 0 saturated carbocycles. The maximum atomic E-state index is 13.1. The molecule has 0 saturated heterocycles. The quantitative estimate of drug-likeness (QED) is 0.385. The number of alkyl halides is 3. The summed E-state index contributed by atoms with van der Waals surface area (Å²) in [6.07, 6.45) is -2.70. The summed E-state index contributed by atoms with van der Waals surface area (Å²) in [6, 6.07) is 16.1. The molecule has 6 nitrogen and oxygen atoms in total. The van der Waals surface area contributed by atoms with Gasteiger partial charge in [0, 0.05) is 13.1 Å². The number of anilines is 1. The van der Waals surface area contributed by atoms with Crippen LogP contribution in [-0.4, -0.2) is 20.4 Å². The van der Waals surface area contributed by atoms with Crippen molar-refractivity contribution in [3.05, 3.63) is 83.8 Å². The first-order valence-electron chi connectivity index (χ1n) is 10.2. The highest BCUT2D eigenvalue weighted by molar-refractivity contribution is 6.02. The largest absolute Gasteiger partial charge is 0.416 e. The van der Waals surface area contributed by atoms with E-state index in [0.29, 0.717) is 28.3 Å². The molecule has 33 heavy (non-hydrogen) atoms. The molecule has 5 aromatic rings. The van der Waals surface area contributed by atoms with E-state index in [2.05, 4.69) is 15.3 Å². The summed E-state index contributed by atoms with van der Waals surface area (Å²) in [5, 5.41) is 2.80. The van der Waals surface area contributed by atoms with Crippen molar-refractivity contribution in [2.24, 2.45) is 7.05 Å². The van der Waals surface area contributed by atoms with Gasteiger partial charge in [0.1, 0.15) is 11.9 Å². The Bertz CT molecular complexity index is 1530. The fraction of sp³-hybridized carbons (Fsp3) is 0.125. The van der Waals surface area contributed by atoms with Gasteiger partial charge in [-0.15, -0.1) is 0 Å². The van der Waals surface area contributed by atoms with Crippen LogP contribution in [0, 0.1) is 6.92 Å². The molecule has 0 unspecified atom stereocenters. The summed E-state index contributed by atoms with van der Waals surface area (Å²) in [5.41, 5.74) is 3.78. The lowest BCUT2D eigenvalue weighted by Gasteiger charge is -2.09. The third-order valence-corrected chi connectivity index (χ3v) is 5.63. The van der Waals surface area contributed by atoms with Gasteiger partial charge < -0.3 is 4.57 Å². The molecule has 0 aliphatic heterocycles. The smallest absolute Gasteiger partial charge is 0.313 e. The van der Waals surface area contributed by atoms with E-state index in [1.54, 1.807) is 42.1 Å². The number of aryl methyl sites for hydroxylation is 2. The normalized spacial score (nSPS) is 11.9. The highest BCUT2D eigenvalue weighted by Crippen LogP contribution is 2.33. The zero-order valence-corrected chi connectivity index (χ0v) is 17.7. The third kappa shape index (κ3) is 3.71. The first-order valence-corrected chi connectivity index (χ1v) is 10.2. The Balaban J connectivity index is 1.47. The first kappa shape index (κ1) is 20.7. The number of pyridine rings is 1. The summed E-state index contributed by atoms with van der Waals surface area (Å²) >= 11 is 0. The van der Waals surface area contributed by atoms with Gasteiger partial charge in [-0.2, -0.15) is 17.6 Å². The fourth-order valence-corrected chi connectivity index (χ4v) is 3.85. The summed E-state index contributed by atoms with van der Waals surface area (Å²) < 4.78 is 42.9. The molecule has 166 valence electrons. The number of imidazole rings is 2. The van der Waals surface area contributed by atoms with Crippen LogP contribution < -0.4 is 9.72 Å². The minimum Gasteiger partial charge on any atom is -0.313 e. The van der Waals surface area contributed by atoms with E-state index >= 15 is 0 Å². The molecule has 0 atom stereocenters. The Morgan fingerprint density at radius 1 is 1.06 bits per heavy atom. The Morgan fingerprint density at radius 2 is 1.82 bits per heavy atom. The van der Waals surface area contributed by atoms with E-state index in [1.807, 2.05) is 29.5 Å². The van der Waals surface area contributed by atoms with Crippen molar-refractivity contribution in [3.63, 3.8) is 0 Å². The standard InChI is InChI=1S/C24H18F3N5O/c1-14-5-3-8-21-28-19(13-32(14)21)22(33)30-23-29-18-12-16(9-10-20(18)31(23)2)15-6-4-7-17(11-15)24(25,26)27/h3-13H,1-2H3,(H,29,30,33)/p+1. The molecule has 5 rings (SSSR count). The van der Waals surface area contributed by atoms with Crippen molar-refractivity contribution >= 4 is 28.5 Å². The highest BCUT2D eigenvalue weighted by atomic mass is 19.4. The van der Waals surface area contributed by atoms with E-state index in [-0.39, 0.29) is 5.91 Å². The molecule has 3 heterocycles. The number of carbonyl (C=O) groups is 1. The van der Waals surface area contributed by atoms with Crippen molar-refractivity contribution in [2.45, 2.75) is 13.1 Å². The molecule has 9 heteroatoms. The summed E-state index contributed by atoms with van der Waals surface area (Å²) in [7, 11) is 1.76. The van der Waals surface area contributed by atoms with Gasteiger partial charge in [-0.3, -0.25) is 10.1 Å². The molecular weight excluding hydrogens is 431 g/mol. The van der Waals surface area contributed by atoms with Crippen LogP contribution in [0.25, 0.3) is 27.8 Å². The predicted octanol–water partition coefficient (Wildman–Crippen LogP) is 4.89. The average molecular weight is 450 g/mol. The number of rotatable bonds is 3. The number of halogens is 3. The summed E-state index contributed by atoms with van der Waals surface area (Å²) in [6.45, 7) is 1.94. The maximum absolute atomic E-state index is 13.1. The minimum atomic E-state index is -4.41. The zero-order chi connectivity index (χ0) is 23.3. The number of nitrogens with zero attached hydrogens (tertiary/aromatic N) is 3. The number of hydrogen-bond donors (Lipinski definition) is 2. The Hall–Kier alpha value is -4.14. The van der Waals surface area contributed by atoms with Crippen molar-refractivity contribution in [1.82, 2.24) is 14.5 Å². The van der Waals surface area contributed by atoms with E-state index in [4.69, 9.17) is 0 Å². The number of hydrogen-bond acceptors (Lipinski definition) is 2. The summed E-state index contributed by atoms with van der Waals surface area (Å²) in [5.74, 6) is -0.0221. The van der Waals surface area contributed by atoms with Gasteiger partial charge in [-0.1, -0.05) is 24.3 Å². The number of benzene rings is 2. The Morgan fingerprint density at radius 3 is 2.58 bits per heavy atom. The van der Waals surface area contributed by atoms with Crippen molar-refractivity contribution in [3.8, 4) is 11.1 Å². The molecule has 0 bridgehead atoms. The second-order valence-electron chi connectivity index (χ2n) is 7.82. The number of amides is 1. The molecule has 2 N–H and O–H groups in total. The molecule has 2 aromatic carbocycles. The first-order chi connectivity index (χ1) is 15.7. The lowest BCUT2D eigenvalue weighted by molar-refractivity contribution is -0.517. The molecule has 3 aromatic heterocycles. The zero-order valence-electron chi connectivity index (χ0n) is 17.7. The van der Waals surface area contributed by atoms with Crippen LogP contribution in [0.3, 0.4) is 0 Å². The van der Waals surface area contributed by atoms with E-state index in [0.717, 1.165) is 29.0 Å². The van der Waals surface area contributed by atoms with Crippen molar-refractivity contribution in [1.29, 1.82) is 0 Å². The number of aromatic nitrogens is 4. The van der Waals surface area contributed by atoms with E-state index < -0.39 is 11.7 Å². The monoisotopic (exact) mass is 450 g/mol. The van der Waals surface area contributed by atoms with Crippen LogP contribution in [-0.2, 0) is 13.2 Å². The second-order valence-corrected chi connectivity index (χ2v) is 7.82. The second kappa shape index (κ2) is 7.47. The Labute approximate surface area is 186 Å². The molecule has 1 amide bonds. The van der Waals surface area contributed by atoms with Crippen LogP contribution in [0.15, 0.2) is 66.9 Å². The minimum absolute atomic E-state index is 0.330. The van der Waals surface area contributed by atoms with Crippen LogP contribution in [0.5, 0.6) is 0 Å². The lowest BCUT2D eigenvalue weighted by atomic mass is 10.0. The topological polar surface area (TPSA) is 66.8 Å². The van der Waals surface area contributed by atoms with Crippen LogP contribution in [0.1, 0.15) is 21.7 Å². The SMILES string of the molecule is Cc1cccc2[nH]c(C(=O)Nc3nc4cc(-c5cccc(C(F)(F)F)c5)ccc4n3C)c[n+]12. The van der Waals surface area contributed by atoms with E-state index in [1.165, 1.54) is 6.07 Å². The van der Waals surface area contributed by atoms with Gasteiger partial charge in [0.15, 0.2) is 0 Å². The van der Waals surface area contributed by atoms with Crippen molar-refractivity contribution in [2.75, 3.05) is 5.32 Å². The fourth-order valence-electron chi connectivity index (χ4n) is 3.85. The molecule has 0 aliphatic carbocycles.